The second-order valence-electron chi connectivity index (χ2n) is 3.90. The molecule has 0 saturated carbocycles. The lowest BCUT2D eigenvalue weighted by Crippen LogP contribution is -2.36. The fourth-order valence-corrected chi connectivity index (χ4v) is 1.80. The number of thiophene rings is 1. The minimum Gasteiger partial charge on any atom is -0.307 e. The second-order valence-corrected chi connectivity index (χ2v) is 4.68. The van der Waals surface area contributed by atoms with Gasteiger partial charge in [0, 0.05) is 10.9 Å². The molecule has 0 fully saturated rings. The molecule has 1 rings (SSSR count). The molecule has 0 saturated heterocycles. The van der Waals surface area contributed by atoms with Crippen LogP contribution < -0.4 is 5.32 Å². The van der Waals surface area contributed by atoms with Gasteiger partial charge < -0.3 is 5.32 Å². The lowest BCUT2D eigenvalue weighted by atomic mass is 10.1. The maximum atomic E-state index is 11.8. The number of nitrogens with one attached hydrogen (secondary N) is 1. The van der Waals surface area contributed by atoms with E-state index < -0.39 is 0 Å². The van der Waals surface area contributed by atoms with Crippen LogP contribution in [0.1, 0.15) is 31.1 Å². The van der Waals surface area contributed by atoms with Gasteiger partial charge in [0.15, 0.2) is 5.78 Å². The first-order chi connectivity index (χ1) is 6.61. The zero-order valence-corrected chi connectivity index (χ0v) is 11.0. The van der Waals surface area contributed by atoms with Crippen molar-refractivity contribution in [2.75, 3.05) is 6.54 Å². The van der Waals surface area contributed by atoms with E-state index in [0.717, 1.165) is 12.1 Å². The van der Waals surface area contributed by atoms with Gasteiger partial charge in [-0.3, -0.25) is 4.79 Å². The summed E-state index contributed by atoms with van der Waals surface area (Å²) in [6, 6.07) is 1.80. The maximum Gasteiger partial charge on any atom is 0.180 e. The van der Waals surface area contributed by atoms with Crippen LogP contribution in [0.4, 0.5) is 0 Å². The Balaban J connectivity index is 0.00000196. The van der Waals surface area contributed by atoms with Crippen molar-refractivity contribution >= 4 is 29.5 Å². The average Bonchev–Trinajstić information content (AvgIpc) is 2.65. The molecule has 0 bridgehead atoms. The van der Waals surface area contributed by atoms with E-state index in [4.69, 9.17) is 0 Å². The van der Waals surface area contributed by atoms with Crippen molar-refractivity contribution in [1.82, 2.24) is 5.32 Å². The number of ketones is 1. The largest absolute Gasteiger partial charge is 0.307 e. The Morgan fingerprint density at radius 1 is 1.47 bits per heavy atom. The molecule has 1 N–H and O–H groups in total. The Labute approximate surface area is 101 Å². The number of carbonyl (C=O) groups is 1. The van der Waals surface area contributed by atoms with Gasteiger partial charge in [-0.1, -0.05) is 13.8 Å². The number of Topliss-reactive ketones (excluding diaryl/α,β-unsaturated/α-hetero) is 1. The summed E-state index contributed by atoms with van der Waals surface area (Å²) < 4.78 is 0. The van der Waals surface area contributed by atoms with Crippen molar-refractivity contribution in [3.05, 3.63) is 22.4 Å². The molecule has 0 spiro atoms. The molecular weight excluding hydrogens is 230 g/mol. The van der Waals surface area contributed by atoms with Crippen LogP contribution in [0.25, 0.3) is 0 Å². The molecule has 2 nitrogen and oxygen atoms in total. The van der Waals surface area contributed by atoms with Gasteiger partial charge in [0.05, 0.1) is 6.04 Å². The summed E-state index contributed by atoms with van der Waals surface area (Å²) in [5, 5.41) is 7.06. The van der Waals surface area contributed by atoms with Gasteiger partial charge in [0.25, 0.3) is 0 Å². The highest BCUT2D eigenvalue weighted by Gasteiger charge is 2.14. The van der Waals surface area contributed by atoms with Crippen LogP contribution in [-0.2, 0) is 0 Å². The number of hydrogen-bond donors (Lipinski definition) is 1. The molecule has 0 aliphatic carbocycles. The van der Waals surface area contributed by atoms with E-state index in [2.05, 4.69) is 19.2 Å². The summed E-state index contributed by atoms with van der Waals surface area (Å²) >= 11 is 1.56. The molecule has 0 aromatic carbocycles. The number of carbonyl (C=O) groups excluding carboxylic acids is 1. The highest BCUT2D eigenvalue weighted by molar-refractivity contribution is 7.08. The highest BCUT2D eigenvalue weighted by Crippen LogP contribution is 2.08. The van der Waals surface area contributed by atoms with Crippen LogP contribution >= 0.6 is 23.7 Å². The Morgan fingerprint density at radius 3 is 2.60 bits per heavy atom. The van der Waals surface area contributed by atoms with Crippen molar-refractivity contribution in [3.63, 3.8) is 0 Å². The third kappa shape index (κ3) is 4.78. The molecule has 1 aromatic rings. The first-order valence-corrected chi connectivity index (χ1v) is 5.85. The predicted octanol–water partition coefficient (Wildman–Crippen LogP) is 2.99. The van der Waals surface area contributed by atoms with E-state index in [9.17, 15) is 4.79 Å². The summed E-state index contributed by atoms with van der Waals surface area (Å²) in [6.07, 6.45) is 0. The molecule has 0 amide bonds. The van der Waals surface area contributed by atoms with Gasteiger partial charge in [0.1, 0.15) is 0 Å². The third-order valence-electron chi connectivity index (χ3n) is 2.03. The fraction of sp³-hybridized carbons (Fsp3) is 0.545. The quantitative estimate of drug-likeness (QED) is 0.811. The summed E-state index contributed by atoms with van der Waals surface area (Å²) in [5.74, 6) is 0.764. The van der Waals surface area contributed by atoms with Crippen LogP contribution in [0, 0.1) is 5.92 Å². The van der Waals surface area contributed by atoms with E-state index in [1.807, 2.05) is 23.8 Å². The van der Waals surface area contributed by atoms with Crippen molar-refractivity contribution < 1.29 is 4.79 Å². The summed E-state index contributed by atoms with van der Waals surface area (Å²) in [5.41, 5.74) is 0.818. The third-order valence-corrected chi connectivity index (χ3v) is 2.71. The summed E-state index contributed by atoms with van der Waals surface area (Å²) in [6.45, 7) is 7.07. The van der Waals surface area contributed by atoms with Crippen molar-refractivity contribution in [3.8, 4) is 0 Å². The molecule has 0 radical (unpaired) electrons. The fourth-order valence-electron chi connectivity index (χ4n) is 1.16. The van der Waals surface area contributed by atoms with Crippen LogP contribution in [0.5, 0.6) is 0 Å². The zero-order valence-electron chi connectivity index (χ0n) is 9.32. The molecule has 1 unspecified atom stereocenters. The lowest BCUT2D eigenvalue weighted by molar-refractivity contribution is 0.0950. The molecule has 1 heterocycles. The van der Waals surface area contributed by atoms with Crippen molar-refractivity contribution in [2.45, 2.75) is 26.8 Å². The maximum absolute atomic E-state index is 11.8. The molecule has 1 atom stereocenters. The zero-order chi connectivity index (χ0) is 10.6. The van der Waals surface area contributed by atoms with E-state index in [1.54, 1.807) is 11.3 Å². The predicted molar refractivity (Wildman–Crippen MR) is 68.2 cm³/mol. The second kappa shape index (κ2) is 6.99. The first kappa shape index (κ1) is 14.6. The van der Waals surface area contributed by atoms with E-state index in [-0.39, 0.29) is 24.2 Å². The van der Waals surface area contributed by atoms with Gasteiger partial charge in [-0.25, -0.2) is 0 Å². The Hall–Kier alpha value is -0.380. The number of hydrogen-bond acceptors (Lipinski definition) is 3. The minimum absolute atomic E-state index is 0. The Morgan fingerprint density at radius 2 is 2.13 bits per heavy atom. The van der Waals surface area contributed by atoms with Gasteiger partial charge in [-0.05, 0) is 30.8 Å². The molecule has 4 heteroatoms. The minimum atomic E-state index is -0.0769. The molecular formula is C11H18ClNOS. The van der Waals surface area contributed by atoms with Crippen LogP contribution in [0.2, 0.25) is 0 Å². The van der Waals surface area contributed by atoms with E-state index >= 15 is 0 Å². The van der Waals surface area contributed by atoms with Crippen molar-refractivity contribution in [1.29, 1.82) is 0 Å². The summed E-state index contributed by atoms with van der Waals surface area (Å²) in [7, 11) is 0. The average molecular weight is 248 g/mol. The van der Waals surface area contributed by atoms with Gasteiger partial charge in [-0.2, -0.15) is 11.3 Å². The van der Waals surface area contributed by atoms with Crippen LogP contribution in [0.15, 0.2) is 16.8 Å². The van der Waals surface area contributed by atoms with Gasteiger partial charge >= 0.3 is 0 Å². The van der Waals surface area contributed by atoms with Crippen molar-refractivity contribution in [2.24, 2.45) is 5.92 Å². The Kier molecular flexibility index (Phi) is 6.81. The highest BCUT2D eigenvalue weighted by atomic mass is 35.5. The smallest absolute Gasteiger partial charge is 0.180 e. The number of rotatable bonds is 5. The normalized spacial score (nSPS) is 12.3. The SMILES string of the molecule is CC(C)CNC(C)C(=O)c1ccsc1.Cl. The Bertz CT molecular complexity index is 285. The van der Waals surface area contributed by atoms with E-state index in [1.165, 1.54) is 0 Å². The lowest BCUT2D eigenvalue weighted by Gasteiger charge is -2.13. The van der Waals surface area contributed by atoms with Gasteiger partial charge in [-0.15, -0.1) is 12.4 Å². The van der Waals surface area contributed by atoms with Crippen LogP contribution in [-0.4, -0.2) is 18.4 Å². The molecule has 1 aromatic heterocycles. The summed E-state index contributed by atoms with van der Waals surface area (Å²) in [4.78, 5) is 11.8. The monoisotopic (exact) mass is 247 g/mol. The van der Waals surface area contributed by atoms with Gasteiger partial charge in [0.2, 0.25) is 0 Å². The molecule has 86 valence electrons. The standard InChI is InChI=1S/C11H17NOS.ClH/c1-8(2)6-12-9(3)11(13)10-4-5-14-7-10;/h4-5,7-9,12H,6H2,1-3H3;1H. The molecule has 0 aliphatic heterocycles. The van der Waals surface area contributed by atoms with Crippen LogP contribution in [0.3, 0.4) is 0 Å². The first-order valence-electron chi connectivity index (χ1n) is 4.91. The number of halogens is 1. The van der Waals surface area contributed by atoms with E-state index in [0.29, 0.717) is 5.92 Å². The molecule has 15 heavy (non-hydrogen) atoms. The molecule has 0 aliphatic rings. The topological polar surface area (TPSA) is 29.1 Å².